The van der Waals surface area contributed by atoms with Crippen LogP contribution in [0.3, 0.4) is 0 Å². The second-order valence-corrected chi connectivity index (χ2v) is 5.89. The maximum Gasteiger partial charge on any atom is 0.225 e. The summed E-state index contributed by atoms with van der Waals surface area (Å²) < 4.78 is 0. The smallest absolute Gasteiger partial charge is 0.225 e. The second-order valence-electron chi connectivity index (χ2n) is 5.89. The zero-order valence-electron chi connectivity index (χ0n) is 15.8. The molecule has 0 heterocycles. The van der Waals surface area contributed by atoms with E-state index < -0.39 is 5.54 Å². The fourth-order valence-electron chi connectivity index (χ4n) is 2.13. The fraction of sp³-hybridized carbons (Fsp3) is 0.579. The van der Waals surface area contributed by atoms with E-state index in [4.69, 9.17) is 0 Å². The van der Waals surface area contributed by atoms with Crippen LogP contribution < -0.4 is 5.32 Å². The molecule has 0 aromatic heterocycles. The van der Waals surface area contributed by atoms with E-state index in [-0.39, 0.29) is 56.2 Å². The van der Waals surface area contributed by atoms with E-state index in [0.717, 1.165) is 11.1 Å². The van der Waals surface area contributed by atoms with Crippen molar-refractivity contribution in [2.45, 2.75) is 66.8 Å². The number of carbonyl (C=O) groups is 2. The molecular formula is C19H30NO2Y-. The van der Waals surface area contributed by atoms with Gasteiger partial charge in [0, 0.05) is 38.6 Å². The topological polar surface area (TPSA) is 46.2 Å². The normalized spacial score (nSPS) is 13.8. The van der Waals surface area contributed by atoms with Crippen molar-refractivity contribution < 1.29 is 42.3 Å². The molecule has 1 aromatic rings. The van der Waals surface area contributed by atoms with Crippen LogP contribution in [0.2, 0.25) is 0 Å². The Morgan fingerprint density at radius 3 is 2.13 bits per heavy atom. The Labute approximate surface area is 166 Å². The SMILES string of the molecule is CC.CC(=O)C(C)(NC(=O)C(C)c1[c-]cccc1C)C(C)C.[Y]. The monoisotopic (exact) mass is 393 g/mol. The number of ketones is 1. The van der Waals surface area contributed by atoms with Gasteiger partial charge < -0.3 is 5.32 Å². The van der Waals surface area contributed by atoms with Crippen LogP contribution in [-0.4, -0.2) is 17.2 Å². The van der Waals surface area contributed by atoms with Gasteiger partial charge in [0.25, 0.3) is 0 Å². The molecule has 0 aliphatic carbocycles. The summed E-state index contributed by atoms with van der Waals surface area (Å²) in [4.78, 5) is 24.3. The summed E-state index contributed by atoms with van der Waals surface area (Å²) in [6.07, 6.45) is 0. The Bertz CT molecular complexity index is 514. The standard InChI is InChI=1S/C17H24NO2.C2H6.Y/c1-11(2)17(6,14(5)19)18-16(20)13(4)15-10-8-7-9-12(15)3;1-2;/h7-9,11,13H,1-6H3,(H,18,20);1-2H3;/q-1;;. The number of Topliss-reactive ketones (excluding diaryl/α,β-unsaturated/α-hetero) is 1. The molecule has 127 valence electrons. The minimum atomic E-state index is -0.825. The van der Waals surface area contributed by atoms with E-state index in [1.165, 1.54) is 6.92 Å². The van der Waals surface area contributed by atoms with Gasteiger partial charge >= 0.3 is 0 Å². The maximum absolute atomic E-state index is 12.4. The molecule has 0 fully saturated rings. The molecule has 1 amide bonds. The molecule has 0 saturated heterocycles. The summed E-state index contributed by atoms with van der Waals surface area (Å²) in [5, 5.41) is 2.91. The van der Waals surface area contributed by atoms with Crippen molar-refractivity contribution >= 4 is 11.7 Å². The first-order chi connectivity index (χ1) is 10.2. The third kappa shape index (κ3) is 6.47. The van der Waals surface area contributed by atoms with Gasteiger partial charge in [-0.05, 0) is 19.8 Å². The molecule has 3 nitrogen and oxygen atoms in total. The first-order valence-corrected chi connectivity index (χ1v) is 8.00. The van der Waals surface area contributed by atoms with Crippen molar-refractivity contribution in [1.82, 2.24) is 5.32 Å². The summed E-state index contributed by atoms with van der Waals surface area (Å²) >= 11 is 0. The van der Waals surface area contributed by atoms with Crippen molar-refractivity contribution in [2.24, 2.45) is 5.92 Å². The minimum Gasteiger partial charge on any atom is -0.343 e. The number of aryl methyl sites for hydroxylation is 1. The summed E-state index contributed by atoms with van der Waals surface area (Å²) in [6, 6.07) is 8.78. The molecule has 0 aliphatic heterocycles. The van der Waals surface area contributed by atoms with Crippen LogP contribution >= 0.6 is 0 Å². The van der Waals surface area contributed by atoms with Crippen molar-refractivity contribution in [1.29, 1.82) is 0 Å². The van der Waals surface area contributed by atoms with Gasteiger partial charge in [-0.3, -0.25) is 9.59 Å². The number of hydrogen-bond donors (Lipinski definition) is 1. The van der Waals surface area contributed by atoms with Gasteiger partial charge in [0.05, 0.1) is 5.54 Å². The quantitative estimate of drug-likeness (QED) is 0.768. The molecule has 0 bridgehead atoms. The van der Waals surface area contributed by atoms with Crippen LogP contribution in [0.1, 0.15) is 65.5 Å². The zero-order chi connectivity index (χ0) is 17.5. The van der Waals surface area contributed by atoms with E-state index >= 15 is 0 Å². The second kappa shape index (κ2) is 11.1. The van der Waals surface area contributed by atoms with Gasteiger partial charge in [0.15, 0.2) is 5.78 Å². The van der Waals surface area contributed by atoms with Gasteiger partial charge in [-0.2, -0.15) is 29.8 Å². The molecule has 23 heavy (non-hydrogen) atoms. The molecule has 0 saturated carbocycles. The Balaban J connectivity index is 0. The molecule has 1 radical (unpaired) electrons. The van der Waals surface area contributed by atoms with Gasteiger partial charge in [-0.1, -0.05) is 41.5 Å². The van der Waals surface area contributed by atoms with Crippen molar-refractivity contribution in [2.75, 3.05) is 0 Å². The van der Waals surface area contributed by atoms with E-state index in [2.05, 4.69) is 11.4 Å². The predicted molar refractivity (Wildman–Crippen MR) is 91.8 cm³/mol. The first kappa shape index (κ1) is 24.7. The molecular weight excluding hydrogens is 363 g/mol. The maximum atomic E-state index is 12.4. The average molecular weight is 393 g/mol. The molecule has 2 atom stereocenters. The van der Waals surface area contributed by atoms with E-state index in [9.17, 15) is 9.59 Å². The summed E-state index contributed by atoms with van der Waals surface area (Å²) in [6.45, 7) is 15.0. The zero-order valence-corrected chi connectivity index (χ0v) is 18.6. The average Bonchev–Trinajstić information content (AvgIpc) is 2.48. The van der Waals surface area contributed by atoms with Crippen molar-refractivity contribution in [3.05, 3.63) is 35.4 Å². The van der Waals surface area contributed by atoms with Crippen LogP contribution in [0.25, 0.3) is 0 Å². The van der Waals surface area contributed by atoms with E-state index in [0.29, 0.717) is 0 Å². The molecule has 0 spiro atoms. The molecule has 2 unspecified atom stereocenters. The molecule has 0 aliphatic rings. The predicted octanol–water partition coefficient (Wildman–Crippen LogP) is 4.04. The fourth-order valence-corrected chi connectivity index (χ4v) is 2.13. The van der Waals surface area contributed by atoms with Crippen LogP contribution in [0.15, 0.2) is 18.2 Å². The number of rotatable bonds is 5. The summed E-state index contributed by atoms with van der Waals surface area (Å²) in [5.41, 5.74) is 1.08. The van der Waals surface area contributed by atoms with Gasteiger partial charge in [0.1, 0.15) is 0 Å². The van der Waals surface area contributed by atoms with E-state index in [1.807, 2.05) is 53.7 Å². The largest absolute Gasteiger partial charge is 0.343 e. The van der Waals surface area contributed by atoms with Gasteiger partial charge in [-0.25, -0.2) is 0 Å². The van der Waals surface area contributed by atoms with E-state index in [1.54, 1.807) is 13.0 Å². The number of amides is 1. The first-order valence-electron chi connectivity index (χ1n) is 8.00. The number of nitrogens with one attached hydrogen (secondary N) is 1. The Hall–Kier alpha value is -0.536. The molecule has 1 rings (SSSR count). The van der Waals surface area contributed by atoms with Crippen LogP contribution in [-0.2, 0) is 42.3 Å². The summed E-state index contributed by atoms with van der Waals surface area (Å²) in [7, 11) is 0. The van der Waals surface area contributed by atoms with Crippen LogP contribution in [0.5, 0.6) is 0 Å². The number of carbonyl (C=O) groups excluding carboxylic acids is 2. The van der Waals surface area contributed by atoms with Crippen LogP contribution in [0.4, 0.5) is 0 Å². The Morgan fingerprint density at radius 1 is 1.22 bits per heavy atom. The van der Waals surface area contributed by atoms with Gasteiger partial charge in [0.2, 0.25) is 5.91 Å². The van der Waals surface area contributed by atoms with Crippen molar-refractivity contribution in [3.63, 3.8) is 0 Å². The third-order valence-electron chi connectivity index (χ3n) is 4.20. The Morgan fingerprint density at radius 2 is 1.74 bits per heavy atom. The molecule has 1 aromatic carbocycles. The summed E-state index contributed by atoms with van der Waals surface area (Å²) in [5.74, 6) is -0.450. The Kier molecular flexibility index (Phi) is 11.9. The van der Waals surface area contributed by atoms with Crippen molar-refractivity contribution in [3.8, 4) is 0 Å². The number of benzene rings is 1. The minimum absolute atomic E-state index is 0. The molecule has 4 heteroatoms. The van der Waals surface area contributed by atoms with Crippen LogP contribution in [0, 0.1) is 18.9 Å². The van der Waals surface area contributed by atoms with Gasteiger partial charge in [-0.15, -0.1) is 5.56 Å². The third-order valence-corrected chi connectivity index (χ3v) is 4.20. The molecule has 1 N–H and O–H groups in total. The number of hydrogen-bond acceptors (Lipinski definition) is 2.